The smallest absolute Gasteiger partial charge is 0.173 e. The highest BCUT2D eigenvalue weighted by atomic mass is 32.1. The van der Waals surface area contributed by atoms with Crippen LogP contribution in [-0.2, 0) is 6.54 Å². The first-order valence-electron chi connectivity index (χ1n) is 5.67. The molecule has 1 heterocycles. The average Bonchev–Trinajstić information content (AvgIpc) is 2.71. The Bertz CT molecular complexity index is 299. The molecule has 92 valence electrons. The molecule has 1 N–H and O–H groups in total. The van der Waals surface area contributed by atoms with E-state index in [4.69, 9.17) is 4.74 Å². The van der Waals surface area contributed by atoms with Gasteiger partial charge in [0, 0.05) is 24.0 Å². The van der Waals surface area contributed by atoms with Crippen LogP contribution in [0.15, 0.2) is 12.1 Å². The van der Waals surface area contributed by atoms with Gasteiger partial charge in [-0.15, -0.1) is 11.3 Å². The minimum absolute atomic E-state index is 0.613. The second-order valence-corrected chi connectivity index (χ2v) is 5.21. The third-order valence-corrected chi connectivity index (χ3v) is 3.77. The Morgan fingerprint density at radius 3 is 2.69 bits per heavy atom. The van der Waals surface area contributed by atoms with Crippen LogP contribution in [0.5, 0.6) is 5.06 Å². The highest BCUT2D eigenvalue weighted by molar-refractivity contribution is 7.13. The Balaban J connectivity index is 2.29. The number of methoxy groups -OCH3 is 1. The molecule has 1 atom stereocenters. The molecule has 3 nitrogen and oxygen atoms in total. The fraction of sp³-hybridized carbons (Fsp3) is 0.667. The molecule has 0 radical (unpaired) electrons. The van der Waals surface area contributed by atoms with Crippen molar-refractivity contribution < 1.29 is 4.74 Å². The van der Waals surface area contributed by atoms with Crippen LogP contribution < -0.4 is 10.1 Å². The van der Waals surface area contributed by atoms with Crippen LogP contribution in [0, 0.1) is 0 Å². The summed E-state index contributed by atoms with van der Waals surface area (Å²) in [4.78, 5) is 3.59. The maximum Gasteiger partial charge on any atom is 0.173 e. The maximum atomic E-state index is 5.16. The number of hydrogen-bond acceptors (Lipinski definition) is 4. The van der Waals surface area contributed by atoms with Gasteiger partial charge < -0.3 is 15.0 Å². The third-order valence-electron chi connectivity index (χ3n) is 2.72. The maximum absolute atomic E-state index is 5.16. The lowest BCUT2D eigenvalue weighted by Crippen LogP contribution is -2.36. The van der Waals surface area contributed by atoms with Gasteiger partial charge in [-0.3, -0.25) is 0 Å². The predicted molar refractivity (Wildman–Crippen MR) is 70.3 cm³/mol. The average molecular weight is 242 g/mol. The van der Waals surface area contributed by atoms with Crippen molar-refractivity contribution in [3.63, 3.8) is 0 Å². The van der Waals surface area contributed by atoms with Gasteiger partial charge in [0.25, 0.3) is 0 Å². The van der Waals surface area contributed by atoms with Gasteiger partial charge >= 0.3 is 0 Å². The molecule has 16 heavy (non-hydrogen) atoms. The number of likely N-dealkylation sites (N-methyl/N-ethyl adjacent to an activating group) is 1. The van der Waals surface area contributed by atoms with E-state index in [0.29, 0.717) is 6.04 Å². The molecule has 0 amide bonds. The summed E-state index contributed by atoms with van der Waals surface area (Å²) in [5, 5.41) is 4.47. The van der Waals surface area contributed by atoms with Crippen molar-refractivity contribution in [1.82, 2.24) is 10.2 Å². The van der Waals surface area contributed by atoms with E-state index in [0.717, 1.165) is 18.2 Å². The Kier molecular flexibility index (Phi) is 5.80. The lowest BCUT2D eigenvalue weighted by molar-refractivity contribution is 0.276. The predicted octanol–water partition coefficient (Wildman–Crippen LogP) is 2.19. The number of ether oxygens (including phenoxy) is 1. The number of nitrogens with one attached hydrogen (secondary N) is 1. The molecule has 4 heteroatoms. The Hall–Kier alpha value is -0.580. The minimum Gasteiger partial charge on any atom is -0.487 e. The zero-order valence-electron chi connectivity index (χ0n) is 10.6. The summed E-state index contributed by atoms with van der Waals surface area (Å²) >= 11 is 1.70. The van der Waals surface area contributed by atoms with Crippen LogP contribution in [0.3, 0.4) is 0 Å². The van der Waals surface area contributed by atoms with Crippen LogP contribution in [0.1, 0.15) is 18.2 Å². The summed E-state index contributed by atoms with van der Waals surface area (Å²) < 4.78 is 5.16. The molecule has 0 fully saturated rings. The van der Waals surface area contributed by atoms with E-state index in [-0.39, 0.29) is 0 Å². The van der Waals surface area contributed by atoms with Crippen molar-refractivity contribution in [2.24, 2.45) is 0 Å². The summed E-state index contributed by atoms with van der Waals surface area (Å²) in [6, 6.07) is 4.75. The molecule has 1 unspecified atom stereocenters. The molecule has 0 spiro atoms. The number of rotatable bonds is 7. The topological polar surface area (TPSA) is 24.5 Å². The van der Waals surface area contributed by atoms with Crippen LogP contribution in [0.4, 0.5) is 0 Å². The van der Waals surface area contributed by atoms with Crippen molar-refractivity contribution in [2.45, 2.75) is 25.9 Å². The van der Waals surface area contributed by atoms with Gasteiger partial charge in [0.05, 0.1) is 7.11 Å². The summed E-state index contributed by atoms with van der Waals surface area (Å²) in [5.74, 6) is 0. The van der Waals surface area contributed by atoms with Crippen LogP contribution in [-0.4, -0.2) is 38.7 Å². The molecule has 1 aromatic rings. The Labute approximate surface area is 102 Å². The molecular formula is C12H22N2OS. The molecule has 0 aliphatic carbocycles. The second kappa shape index (κ2) is 6.89. The monoisotopic (exact) mass is 242 g/mol. The van der Waals surface area contributed by atoms with E-state index in [2.05, 4.69) is 37.3 Å². The zero-order valence-corrected chi connectivity index (χ0v) is 11.4. The number of hydrogen-bond donors (Lipinski definition) is 1. The number of nitrogens with zero attached hydrogens (tertiary/aromatic N) is 1. The van der Waals surface area contributed by atoms with Crippen LogP contribution in [0.25, 0.3) is 0 Å². The van der Waals surface area contributed by atoms with Gasteiger partial charge in [0.15, 0.2) is 5.06 Å². The summed E-state index contributed by atoms with van der Waals surface area (Å²) in [7, 11) is 5.97. The highest BCUT2D eigenvalue weighted by Crippen LogP contribution is 2.23. The molecule has 0 aliphatic heterocycles. The first-order chi connectivity index (χ1) is 7.67. The molecule has 0 saturated heterocycles. The fourth-order valence-electron chi connectivity index (χ4n) is 1.62. The third kappa shape index (κ3) is 4.12. The lowest BCUT2D eigenvalue weighted by Gasteiger charge is -2.22. The first-order valence-corrected chi connectivity index (χ1v) is 6.48. The van der Waals surface area contributed by atoms with Crippen molar-refractivity contribution in [2.75, 3.05) is 27.7 Å². The number of thiophene rings is 1. The lowest BCUT2D eigenvalue weighted by atomic mass is 10.2. The SMILES string of the molecule is CCC(CNCc1ccc(OC)s1)N(C)C. The van der Waals surface area contributed by atoms with Gasteiger partial charge in [-0.25, -0.2) is 0 Å². The fourth-order valence-corrected chi connectivity index (χ4v) is 2.41. The standard InChI is InChI=1S/C12H22N2OS/c1-5-10(14(2)3)8-13-9-11-6-7-12(15-4)16-11/h6-7,10,13H,5,8-9H2,1-4H3. The molecule has 0 saturated carbocycles. The van der Waals surface area contributed by atoms with Crippen molar-refractivity contribution in [3.05, 3.63) is 17.0 Å². The zero-order chi connectivity index (χ0) is 12.0. The first kappa shape index (κ1) is 13.5. The summed E-state index contributed by atoms with van der Waals surface area (Å²) in [6.45, 7) is 4.18. The molecule has 1 rings (SSSR count). The van der Waals surface area contributed by atoms with Crippen molar-refractivity contribution in [3.8, 4) is 5.06 Å². The molecule has 1 aromatic heterocycles. The second-order valence-electron chi connectivity index (χ2n) is 4.08. The Morgan fingerprint density at radius 1 is 1.44 bits per heavy atom. The van der Waals surface area contributed by atoms with E-state index in [1.165, 1.54) is 11.3 Å². The van der Waals surface area contributed by atoms with Gasteiger partial charge in [-0.2, -0.15) is 0 Å². The Morgan fingerprint density at radius 2 is 2.19 bits per heavy atom. The van der Waals surface area contributed by atoms with E-state index in [9.17, 15) is 0 Å². The van der Waals surface area contributed by atoms with E-state index in [1.807, 2.05) is 6.07 Å². The van der Waals surface area contributed by atoms with Gasteiger partial charge in [0.2, 0.25) is 0 Å². The summed E-state index contributed by atoms with van der Waals surface area (Å²) in [5.41, 5.74) is 0. The minimum atomic E-state index is 0.613. The van der Waals surface area contributed by atoms with E-state index in [1.54, 1.807) is 18.4 Å². The van der Waals surface area contributed by atoms with E-state index < -0.39 is 0 Å². The normalized spacial score (nSPS) is 13.1. The van der Waals surface area contributed by atoms with Crippen LogP contribution >= 0.6 is 11.3 Å². The summed E-state index contributed by atoms with van der Waals surface area (Å²) in [6.07, 6.45) is 1.17. The molecule has 0 aliphatic rings. The molecule has 0 aromatic carbocycles. The quantitative estimate of drug-likeness (QED) is 0.793. The van der Waals surface area contributed by atoms with Crippen LogP contribution in [0.2, 0.25) is 0 Å². The van der Waals surface area contributed by atoms with Crippen molar-refractivity contribution >= 4 is 11.3 Å². The highest BCUT2D eigenvalue weighted by Gasteiger charge is 2.08. The molecular weight excluding hydrogens is 220 g/mol. The van der Waals surface area contributed by atoms with Gasteiger partial charge in [0.1, 0.15) is 0 Å². The largest absolute Gasteiger partial charge is 0.487 e. The van der Waals surface area contributed by atoms with Gasteiger partial charge in [-0.05, 0) is 32.6 Å². The van der Waals surface area contributed by atoms with E-state index >= 15 is 0 Å². The van der Waals surface area contributed by atoms with Gasteiger partial charge in [-0.1, -0.05) is 6.92 Å². The van der Waals surface area contributed by atoms with Crippen molar-refractivity contribution in [1.29, 1.82) is 0 Å². The molecule has 0 bridgehead atoms.